The van der Waals surface area contributed by atoms with Crippen molar-refractivity contribution in [2.45, 2.75) is 12.8 Å². The molecule has 0 radical (unpaired) electrons. The van der Waals surface area contributed by atoms with Crippen molar-refractivity contribution in [2.75, 3.05) is 6.54 Å². The molecule has 0 aliphatic carbocycles. The maximum atomic E-state index is 11.4. The normalized spacial score (nSPS) is 10.9. The standard InChI is InChI=1S/C10H13N3O5/c1-13-9(17)6(8(16)12-10(13)18)5-11-4-2-3-7(14)15/h5,17H,2-4H2,1H3,(H,14,15)(H,12,16,18). The number of aromatic amines is 1. The third kappa shape index (κ3) is 3.30. The summed E-state index contributed by atoms with van der Waals surface area (Å²) >= 11 is 0. The molecule has 0 atom stereocenters. The number of nitrogens with one attached hydrogen (secondary N) is 1. The van der Waals surface area contributed by atoms with Crippen LogP contribution in [-0.4, -0.2) is 38.5 Å². The summed E-state index contributed by atoms with van der Waals surface area (Å²) in [4.78, 5) is 38.5. The van der Waals surface area contributed by atoms with Gasteiger partial charge in [-0.25, -0.2) is 4.79 Å². The Bertz CT molecular complexity index is 584. The van der Waals surface area contributed by atoms with E-state index in [0.717, 1.165) is 10.8 Å². The van der Waals surface area contributed by atoms with Gasteiger partial charge in [-0.1, -0.05) is 0 Å². The number of carbonyl (C=O) groups is 1. The Morgan fingerprint density at radius 1 is 1.50 bits per heavy atom. The van der Waals surface area contributed by atoms with Crippen LogP contribution in [0.4, 0.5) is 0 Å². The topological polar surface area (TPSA) is 125 Å². The van der Waals surface area contributed by atoms with E-state index in [1.54, 1.807) is 0 Å². The number of carboxylic acid groups (broad SMARTS) is 1. The number of H-pyrrole nitrogens is 1. The predicted octanol–water partition coefficient (Wildman–Crippen LogP) is -0.937. The van der Waals surface area contributed by atoms with Crippen LogP contribution >= 0.6 is 0 Å². The molecule has 8 nitrogen and oxygen atoms in total. The zero-order chi connectivity index (χ0) is 13.7. The molecule has 0 bridgehead atoms. The summed E-state index contributed by atoms with van der Waals surface area (Å²) in [6.45, 7) is 0.216. The summed E-state index contributed by atoms with van der Waals surface area (Å²) in [7, 11) is 1.30. The van der Waals surface area contributed by atoms with Crippen molar-refractivity contribution in [1.29, 1.82) is 0 Å². The molecule has 1 heterocycles. The minimum Gasteiger partial charge on any atom is -0.494 e. The van der Waals surface area contributed by atoms with Crippen LogP contribution in [0.15, 0.2) is 14.6 Å². The molecule has 0 aromatic carbocycles. The van der Waals surface area contributed by atoms with Gasteiger partial charge in [0.1, 0.15) is 5.56 Å². The lowest BCUT2D eigenvalue weighted by Crippen LogP contribution is -2.30. The van der Waals surface area contributed by atoms with E-state index in [2.05, 4.69) is 4.99 Å². The molecule has 0 saturated carbocycles. The molecule has 0 aliphatic rings. The molecular weight excluding hydrogens is 242 g/mol. The van der Waals surface area contributed by atoms with E-state index in [1.165, 1.54) is 7.05 Å². The first-order valence-electron chi connectivity index (χ1n) is 5.17. The van der Waals surface area contributed by atoms with Crippen LogP contribution in [0.3, 0.4) is 0 Å². The molecule has 8 heteroatoms. The molecule has 0 aliphatic heterocycles. The second-order valence-corrected chi connectivity index (χ2v) is 3.59. The largest absolute Gasteiger partial charge is 0.494 e. The van der Waals surface area contributed by atoms with Gasteiger partial charge < -0.3 is 10.2 Å². The van der Waals surface area contributed by atoms with Crippen LogP contribution in [-0.2, 0) is 11.8 Å². The van der Waals surface area contributed by atoms with Gasteiger partial charge in [-0.2, -0.15) is 0 Å². The second-order valence-electron chi connectivity index (χ2n) is 3.59. The van der Waals surface area contributed by atoms with Gasteiger partial charge in [0.25, 0.3) is 5.56 Å². The minimum atomic E-state index is -0.923. The number of carboxylic acids is 1. The highest BCUT2D eigenvalue weighted by Gasteiger charge is 2.08. The maximum Gasteiger partial charge on any atom is 0.330 e. The maximum absolute atomic E-state index is 11.4. The molecule has 0 unspecified atom stereocenters. The van der Waals surface area contributed by atoms with Crippen molar-refractivity contribution >= 4 is 12.2 Å². The van der Waals surface area contributed by atoms with Crippen molar-refractivity contribution in [3.63, 3.8) is 0 Å². The van der Waals surface area contributed by atoms with Gasteiger partial charge in [0.15, 0.2) is 0 Å². The van der Waals surface area contributed by atoms with Crippen LogP contribution in [0.1, 0.15) is 18.4 Å². The Kier molecular flexibility index (Phi) is 4.41. The van der Waals surface area contributed by atoms with Crippen LogP contribution in [0.5, 0.6) is 5.88 Å². The van der Waals surface area contributed by atoms with Gasteiger partial charge in [-0.05, 0) is 6.42 Å². The Hall–Kier alpha value is -2.38. The zero-order valence-corrected chi connectivity index (χ0v) is 9.71. The number of hydrogen-bond donors (Lipinski definition) is 3. The fourth-order valence-corrected chi connectivity index (χ4v) is 1.22. The Labute approximate surface area is 101 Å². The van der Waals surface area contributed by atoms with Crippen molar-refractivity contribution in [1.82, 2.24) is 9.55 Å². The van der Waals surface area contributed by atoms with Gasteiger partial charge in [0.05, 0.1) is 0 Å². The van der Waals surface area contributed by atoms with Crippen molar-refractivity contribution < 1.29 is 15.0 Å². The molecule has 0 fully saturated rings. The minimum absolute atomic E-state index is 0.0209. The lowest BCUT2D eigenvalue weighted by molar-refractivity contribution is -0.137. The zero-order valence-electron chi connectivity index (χ0n) is 9.71. The lowest BCUT2D eigenvalue weighted by Gasteiger charge is -2.02. The molecule has 1 aromatic heterocycles. The first-order valence-corrected chi connectivity index (χ1v) is 5.17. The monoisotopic (exact) mass is 255 g/mol. The van der Waals surface area contributed by atoms with Gasteiger partial charge >= 0.3 is 11.7 Å². The summed E-state index contributed by atoms with van der Waals surface area (Å²) in [5.74, 6) is -1.40. The number of aromatic hydroxyl groups is 1. The van der Waals surface area contributed by atoms with Gasteiger partial charge in [0.2, 0.25) is 5.88 Å². The Balaban J connectivity index is 2.82. The van der Waals surface area contributed by atoms with E-state index >= 15 is 0 Å². The molecule has 0 saturated heterocycles. The van der Waals surface area contributed by atoms with Gasteiger partial charge in [-0.3, -0.25) is 24.1 Å². The lowest BCUT2D eigenvalue weighted by atomic mass is 10.3. The van der Waals surface area contributed by atoms with E-state index < -0.39 is 23.1 Å². The highest BCUT2D eigenvalue weighted by molar-refractivity contribution is 5.81. The summed E-state index contributed by atoms with van der Waals surface area (Å²) in [5, 5.41) is 18.0. The molecular formula is C10H13N3O5. The highest BCUT2D eigenvalue weighted by atomic mass is 16.4. The van der Waals surface area contributed by atoms with E-state index in [4.69, 9.17) is 5.11 Å². The first-order chi connectivity index (χ1) is 8.43. The summed E-state index contributed by atoms with van der Waals surface area (Å²) in [5.41, 5.74) is -1.59. The van der Waals surface area contributed by atoms with Crippen LogP contribution in [0.2, 0.25) is 0 Å². The van der Waals surface area contributed by atoms with E-state index in [1.807, 2.05) is 4.98 Å². The number of hydrogen-bond acceptors (Lipinski definition) is 5. The Morgan fingerprint density at radius 2 is 2.17 bits per heavy atom. The number of aliphatic imine (C=N–C) groups is 1. The van der Waals surface area contributed by atoms with Crippen LogP contribution in [0.25, 0.3) is 0 Å². The summed E-state index contributed by atoms with van der Waals surface area (Å²) < 4.78 is 0.875. The van der Waals surface area contributed by atoms with Gasteiger partial charge in [-0.15, -0.1) is 0 Å². The molecule has 1 rings (SSSR count). The third-order valence-corrected chi connectivity index (χ3v) is 2.23. The quantitative estimate of drug-likeness (QED) is 0.462. The average molecular weight is 255 g/mol. The summed E-state index contributed by atoms with van der Waals surface area (Å²) in [6.07, 6.45) is 1.43. The van der Waals surface area contributed by atoms with Crippen molar-refractivity contribution in [3.05, 3.63) is 26.4 Å². The first kappa shape index (κ1) is 13.7. The van der Waals surface area contributed by atoms with E-state index in [9.17, 15) is 19.5 Å². The number of aliphatic carboxylic acids is 1. The van der Waals surface area contributed by atoms with E-state index in [0.29, 0.717) is 6.42 Å². The second kappa shape index (κ2) is 5.80. The SMILES string of the molecule is Cn1c(O)c(C=NCCCC(=O)O)c(=O)[nH]c1=O. The molecule has 18 heavy (non-hydrogen) atoms. The predicted molar refractivity (Wildman–Crippen MR) is 63.3 cm³/mol. The smallest absolute Gasteiger partial charge is 0.330 e. The number of rotatable bonds is 5. The Morgan fingerprint density at radius 3 is 2.78 bits per heavy atom. The highest BCUT2D eigenvalue weighted by Crippen LogP contribution is 2.05. The average Bonchev–Trinajstić information content (AvgIpc) is 2.29. The van der Waals surface area contributed by atoms with E-state index in [-0.39, 0.29) is 18.5 Å². The fraction of sp³-hybridized carbons (Fsp3) is 0.400. The van der Waals surface area contributed by atoms with Crippen molar-refractivity contribution in [2.24, 2.45) is 12.0 Å². The molecule has 98 valence electrons. The summed E-state index contributed by atoms with van der Waals surface area (Å²) in [6, 6.07) is 0. The number of aromatic nitrogens is 2. The van der Waals surface area contributed by atoms with Crippen LogP contribution in [0, 0.1) is 0 Å². The fourth-order valence-electron chi connectivity index (χ4n) is 1.22. The van der Waals surface area contributed by atoms with Gasteiger partial charge in [0, 0.05) is 26.2 Å². The van der Waals surface area contributed by atoms with Crippen molar-refractivity contribution in [3.8, 4) is 5.88 Å². The number of nitrogens with zero attached hydrogens (tertiary/aromatic N) is 2. The van der Waals surface area contributed by atoms with Crippen LogP contribution < -0.4 is 11.2 Å². The molecule has 0 amide bonds. The molecule has 3 N–H and O–H groups in total. The third-order valence-electron chi connectivity index (χ3n) is 2.23. The molecule has 0 spiro atoms. The molecule has 1 aromatic rings.